The third kappa shape index (κ3) is 6.98. The first kappa shape index (κ1) is 30.5. The highest BCUT2D eigenvalue weighted by Crippen LogP contribution is 2.59. The molecule has 0 spiro atoms. The summed E-state index contributed by atoms with van der Waals surface area (Å²) in [4.78, 5) is 27.9. The van der Waals surface area contributed by atoms with Crippen molar-refractivity contribution in [1.29, 1.82) is 0 Å². The third-order valence-corrected chi connectivity index (χ3v) is 10.4. The van der Waals surface area contributed by atoms with Crippen LogP contribution in [0.5, 0.6) is 5.75 Å². The Balaban J connectivity index is 0.900. The minimum absolute atomic E-state index is 0.126. The monoisotopic (exact) mass is 620 g/mol. The van der Waals surface area contributed by atoms with Crippen molar-refractivity contribution in [3.63, 3.8) is 0 Å². The van der Waals surface area contributed by atoms with Gasteiger partial charge in [-0.05, 0) is 116 Å². The summed E-state index contributed by atoms with van der Waals surface area (Å²) in [6, 6.07) is 24.5. The summed E-state index contributed by atoms with van der Waals surface area (Å²) in [5.41, 5.74) is 4.30. The van der Waals surface area contributed by atoms with E-state index in [0.29, 0.717) is 36.4 Å². The number of carbonyl (C=O) groups is 1. The number of H-pyrrole nitrogens is 1. The molecule has 2 amide bonds. The van der Waals surface area contributed by atoms with Crippen LogP contribution in [0.25, 0.3) is 10.9 Å². The number of fused-ring (bicyclic) bond motifs is 1. The number of aromatic nitrogens is 1. The molecule has 4 bridgehead atoms. The molecule has 1 aromatic heterocycles. The molecule has 0 saturated heterocycles. The van der Waals surface area contributed by atoms with Gasteiger partial charge in [0, 0.05) is 30.2 Å². The van der Waals surface area contributed by atoms with Crippen LogP contribution in [0.2, 0.25) is 0 Å². The standard InChI is InChI=1S/C38H44N4O4/c43-33(31-9-11-34(36-32(31)10-12-35(44)42-36)46-23-26-5-2-1-3-6-26)22-39-14-13-25-7-4-8-30(18-25)41-37(45)40-24-38-19-27-15-28(20-38)17-29(16-27)21-38/h1-12,18,27-29,33,39,43H,13-17,19-24H2,(H,42,44)(H2,40,41,45). The molecule has 1 heterocycles. The number of hydrogen-bond acceptors (Lipinski definition) is 5. The van der Waals surface area contributed by atoms with Crippen molar-refractivity contribution in [3.05, 3.63) is 106 Å². The molecule has 0 radical (unpaired) electrons. The van der Waals surface area contributed by atoms with Crippen LogP contribution >= 0.6 is 0 Å². The normalized spacial score (nSPS) is 23.7. The van der Waals surface area contributed by atoms with Crippen LogP contribution < -0.4 is 26.2 Å². The molecule has 1 atom stereocenters. The molecule has 3 aromatic carbocycles. The van der Waals surface area contributed by atoms with E-state index in [1.54, 1.807) is 12.1 Å². The molecule has 1 unspecified atom stereocenters. The number of aliphatic hydroxyl groups excluding tert-OH is 1. The third-order valence-electron chi connectivity index (χ3n) is 10.4. The molecule has 4 aromatic rings. The van der Waals surface area contributed by atoms with E-state index in [2.05, 4.69) is 27.0 Å². The summed E-state index contributed by atoms with van der Waals surface area (Å²) >= 11 is 0. The van der Waals surface area contributed by atoms with E-state index in [0.717, 1.165) is 58.5 Å². The van der Waals surface area contributed by atoms with Crippen molar-refractivity contribution in [2.24, 2.45) is 23.2 Å². The number of hydrogen-bond donors (Lipinski definition) is 5. The van der Waals surface area contributed by atoms with Crippen molar-refractivity contribution in [2.45, 2.75) is 57.7 Å². The van der Waals surface area contributed by atoms with Crippen molar-refractivity contribution in [1.82, 2.24) is 15.6 Å². The van der Waals surface area contributed by atoms with E-state index in [1.165, 1.54) is 44.6 Å². The minimum atomic E-state index is -0.776. The van der Waals surface area contributed by atoms with E-state index >= 15 is 0 Å². The highest BCUT2D eigenvalue weighted by molar-refractivity contribution is 5.89. The second-order valence-electron chi connectivity index (χ2n) is 13.9. The maximum atomic E-state index is 12.8. The number of benzene rings is 3. The van der Waals surface area contributed by atoms with Crippen LogP contribution in [0.1, 0.15) is 61.3 Å². The quantitative estimate of drug-likeness (QED) is 0.119. The van der Waals surface area contributed by atoms with Gasteiger partial charge in [-0.15, -0.1) is 0 Å². The number of anilines is 1. The zero-order valence-corrected chi connectivity index (χ0v) is 26.3. The molecule has 0 aliphatic heterocycles. The van der Waals surface area contributed by atoms with Gasteiger partial charge >= 0.3 is 6.03 Å². The van der Waals surface area contributed by atoms with E-state index in [-0.39, 0.29) is 11.6 Å². The van der Waals surface area contributed by atoms with Crippen LogP contribution in [0.15, 0.2) is 83.7 Å². The summed E-state index contributed by atoms with van der Waals surface area (Å²) < 4.78 is 6.04. The van der Waals surface area contributed by atoms with Crippen LogP contribution in [0.3, 0.4) is 0 Å². The number of ether oxygens (including phenoxy) is 1. The lowest BCUT2D eigenvalue weighted by molar-refractivity contribution is -0.0496. The molecule has 46 heavy (non-hydrogen) atoms. The lowest BCUT2D eigenvalue weighted by atomic mass is 9.49. The zero-order valence-electron chi connectivity index (χ0n) is 26.3. The maximum absolute atomic E-state index is 12.8. The smallest absolute Gasteiger partial charge is 0.319 e. The Bertz CT molecular complexity index is 1700. The second kappa shape index (κ2) is 13.3. The molecule has 4 aliphatic rings. The molecule has 8 heteroatoms. The molecule has 240 valence electrons. The summed E-state index contributed by atoms with van der Waals surface area (Å²) in [5.74, 6) is 3.18. The molecule has 4 aliphatic carbocycles. The second-order valence-corrected chi connectivity index (χ2v) is 13.9. The Labute approximate surface area is 270 Å². The molecule has 5 N–H and O–H groups in total. The van der Waals surface area contributed by atoms with Gasteiger partial charge in [0.25, 0.3) is 0 Å². The van der Waals surface area contributed by atoms with Crippen molar-refractivity contribution in [2.75, 3.05) is 25.0 Å². The fourth-order valence-electron chi connectivity index (χ4n) is 8.73. The first-order valence-corrected chi connectivity index (χ1v) is 16.8. The highest BCUT2D eigenvalue weighted by Gasteiger charge is 2.50. The summed E-state index contributed by atoms with van der Waals surface area (Å²) in [5, 5.41) is 21.4. The first-order chi connectivity index (χ1) is 22.4. The molecule has 4 saturated carbocycles. The number of nitrogens with one attached hydrogen (secondary N) is 4. The van der Waals surface area contributed by atoms with Crippen molar-refractivity contribution in [3.8, 4) is 5.75 Å². The largest absolute Gasteiger partial charge is 0.487 e. The topological polar surface area (TPSA) is 115 Å². The van der Waals surface area contributed by atoms with E-state index in [4.69, 9.17) is 4.74 Å². The Kier molecular flexibility index (Phi) is 8.82. The lowest BCUT2D eigenvalue weighted by Gasteiger charge is -2.56. The molecular weight excluding hydrogens is 576 g/mol. The van der Waals surface area contributed by atoms with Gasteiger partial charge in [0.1, 0.15) is 12.4 Å². The van der Waals surface area contributed by atoms with Gasteiger partial charge in [-0.2, -0.15) is 0 Å². The molecule has 8 nitrogen and oxygen atoms in total. The van der Waals surface area contributed by atoms with Gasteiger partial charge in [-0.3, -0.25) is 4.79 Å². The maximum Gasteiger partial charge on any atom is 0.319 e. The first-order valence-electron chi connectivity index (χ1n) is 16.8. The average Bonchev–Trinajstić information content (AvgIpc) is 3.04. The number of urea groups is 1. The number of rotatable bonds is 12. The number of pyridine rings is 1. The highest BCUT2D eigenvalue weighted by atomic mass is 16.5. The van der Waals surface area contributed by atoms with Gasteiger partial charge < -0.3 is 30.8 Å². The van der Waals surface area contributed by atoms with E-state index in [9.17, 15) is 14.7 Å². The fraction of sp³-hybridized carbons (Fsp3) is 0.421. The van der Waals surface area contributed by atoms with Gasteiger partial charge in [0.2, 0.25) is 5.56 Å². The predicted octanol–water partition coefficient (Wildman–Crippen LogP) is 6.31. The Morgan fingerprint density at radius 1 is 0.913 bits per heavy atom. The van der Waals surface area contributed by atoms with Gasteiger partial charge in [-0.1, -0.05) is 48.5 Å². The number of aliphatic hydroxyl groups is 1. The fourth-order valence-corrected chi connectivity index (χ4v) is 8.73. The molecular formula is C38H44N4O4. The van der Waals surface area contributed by atoms with Crippen LogP contribution in [-0.4, -0.2) is 35.8 Å². The SMILES string of the molecule is O=C(NCC12CC3CC(CC(C3)C1)C2)Nc1cccc(CCNCC(O)c2ccc(OCc3ccccc3)c3[nH]c(=O)ccc23)c1. The number of aromatic amines is 1. The predicted molar refractivity (Wildman–Crippen MR) is 181 cm³/mol. The zero-order chi connectivity index (χ0) is 31.5. The van der Waals surface area contributed by atoms with E-state index < -0.39 is 6.10 Å². The Hall–Kier alpha value is -4.14. The van der Waals surface area contributed by atoms with Gasteiger partial charge in [0.05, 0.1) is 11.6 Å². The number of amides is 2. The Morgan fingerprint density at radius 3 is 2.41 bits per heavy atom. The van der Waals surface area contributed by atoms with Crippen molar-refractivity contribution >= 4 is 22.6 Å². The number of carbonyl (C=O) groups excluding carboxylic acids is 1. The van der Waals surface area contributed by atoms with Crippen LogP contribution in [0, 0.1) is 23.2 Å². The summed E-state index contributed by atoms with van der Waals surface area (Å²) in [7, 11) is 0. The lowest BCUT2D eigenvalue weighted by Crippen LogP contribution is -2.51. The van der Waals surface area contributed by atoms with Crippen molar-refractivity contribution < 1.29 is 14.6 Å². The van der Waals surface area contributed by atoms with Gasteiger partial charge in [-0.25, -0.2) is 4.79 Å². The summed E-state index contributed by atoms with van der Waals surface area (Å²) in [6.45, 7) is 2.16. The van der Waals surface area contributed by atoms with Crippen LogP contribution in [-0.2, 0) is 13.0 Å². The van der Waals surface area contributed by atoms with Gasteiger partial charge in [0.15, 0.2) is 0 Å². The van der Waals surface area contributed by atoms with E-state index in [1.807, 2.05) is 54.6 Å². The average molecular weight is 621 g/mol. The molecule has 4 fully saturated rings. The minimum Gasteiger partial charge on any atom is -0.487 e. The van der Waals surface area contributed by atoms with Crippen LogP contribution in [0.4, 0.5) is 10.5 Å². The molecule has 8 rings (SSSR count). The summed E-state index contributed by atoms with van der Waals surface area (Å²) in [6.07, 6.45) is 8.02. The Morgan fingerprint density at radius 2 is 1.65 bits per heavy atom.